The molecule has 11 heteroatoms. The Morgan fingerprint density at radius 3 is 2.42 bits per heavy atom. The van der Waals surface area contributed by atoms with Gasteiger partial charge in [0.15, 0.2) is 11.5 Å². The number of ether oxygens (including phenoxy) is 2. The number of fused-ring (bicyclic) bond motifs is 1. The summed E-state index contributed by atoms with van der Waals surface area (Å²) in [7, 11) is -3.64. The van der Waals surface area contributed by atoms with E-state index in [1.807, 2.05) is 6.92 Å². The van der Waals surface area contributed by atoms with Crippen LogP contribution < -0.4 is 19.1 Å². The van der Waals surface area contributed by atoms with Gasteiger partial charge < -0.3 is 19.7 Å². The average Bonchev–Trinajstić information content (AvgIpc) is 3.30. The molecule has 1 N–H and O–H groups in total. The fourth-order valence-corrected chi connectivity index (χ4v) is 5.00. The van der Waals surface area contributed by atoms with Crippen LogP contribution in [0.5, 0.6) is 11.5 Å². The number of halogens is 1. The molecule has 36 heavy (non-hydrogen) atoms. The van der Waals surface area contributed by atoms with Gasteiger partial charge in [-0.05, 0) is 49.6 Å². The molecule has 2 aromatic rings. The molecule has 1 heterocycles. The number of likely N-dealkylation sites (N-methyl/N-ethyl adjacent to an activating group) is 1. The molecule has 0 aliphatic carbocycles. The number of hydrogen-bond donors (Lipinski definition) is 1. The van der Waals surface area contributed by atoms with E-state index >= 15 is 0 Å². The number of anilines is 1. The van der Waals surface area contributed by atoms with Crippen molar-refractivity contribution in [2.75, 3.05) is 30.4 Å². The monoisotopic (exact) mass is 521 g/mol. The highest BCUT2D eigenvalue weighted by atomic mass is 32.2. The van der Waals surface area contributed by atoms with Crippen molar-refractivity contribution in [3.05, 3.63) is 53.8 Å². The third-order valence-electron chi connectivity index (χ3n) is 5.80. The third-order valence-corrected chi connectivity index (χ3v) is 6.99. The average molecular weight is 522 g/mol. The number of carbonyl (C=O) groups excluding carboxylic acids is 2. The summed E-state index contributed by atoms with van der Waals surface area (Å²) in [6.45, 7) is 4.30. The Hall–Kier alpha value is -3.34. The van der Waals surface area contributed by atoms with Gasteiger partial charge in [0.25, 0.3) is 0 Å². The maximum absolute atomic E-state index is 13.4. The standard InChI is InChI=1S/C25H32FN3O6S/c1-4-21(25(31)27-5-2)28(16-18-8-10-19(26)11-9-18)24(30)7-6-14-29(36(3,32)33)20-12-13-22-23(15-20)35-17-34-22/h8-13,15,21H,4-7,14,16-17H2,1-3H3,(H,27,31)/t21-/m0/s1. The zero-order valence-corrected chi connectivity index (χ0v) is 21.5. The summed E-state index contributed by atoms with van der Waals surface area (Å²) in [5.41, 5.74) is 1.09. The first-order valence-electron chi connectivity index (χ1n) is 11.8. The first kappa shape index (κ1) is 27.3. The van der Waals surface area contributed by atoms with Crippen LogP contribution in [-0.2, 0) is 26.2 Å². The van der Waals surface area contributed by atoms with Crippen molar-refractivity contribution in [3.63, 3.8) is 0 Å². The number of nitrogens with zero attached hydrogens (tertiary/aromatic N) is 2. The molecule has 3 rings (SSSR count). The van der Waals surface area contributed by atoms with Gasteiger partial charge in [-0.15, -0.1) is 0 Å². The van der Waals surface area contributed by atoms with Crippen LogP contribution in [0, 0.1) is 5.82 Å². The Labute approximate surface area is 211 Å². The van der Waals surface area contributed by atoms with Crippen molar-refractivity contribution in [1.29, 1.82) is 0 Å². The molecule has 0 saturated heterocycles. The van der Waals surface area contributed by atoms with Crippen LogP contribution >= 0.6 is 0 Å². The van der Waals surface area contributed by atoms with E-state index < -0.39 is 21.9 Å². The quantitative estimate of drug-likeness (QED) is 0.460. The van der Waals surface area contributed by atoms with Crippen molar-refractivity contribution in [1.82, 2.24) is 10.2 Å². The smallest absolute Gasteiger partial charge is 0.242 e. The van der Waals surface area contributed by atoms with Crippen molar-refractivity contribution < 1.29 is 31.9 Å². The van der Waals surface area contributed by atoms with E-state index in [1.165, 1.54) is 21.3 Å². The second-order valence-electron chi connectivity index (χ2n) is 8.44. The summed E-state index contributed by atoms with van der Waals surface area (Å²) in [6.07, 6.45) is 1.74. The van der Waals surface area contributed by atoms with Gasteiger partial charge in [0.2, 0.25) is 28.6 Å². The van der Waals surface area contributed by atoms with E-state index in [4.69, 9.17) is 9.47 Å². The number of amides is 2. The zero-order chi connectivity index (χ0) is 26.3. The van der Waals surface area contributed by atoms with Crippen LogP contribution in [0.3, 0.4) is 0 Å². The molecule has 2 amide bonds. The molecule has 9 nitrogen and oxygen atoms in total. The van der Waals surface area contributed by atoms with Crippen molar-refractivity contribution in [3.8, 4) is 11.5 Å². The van der Waals surface area contributed by atoms with Crippen LogP contribution in [-0.4, -0.2) is 57.3 Å². The molecule has 0 spiro atoms. The van der Waals surface area contributed by atoms with Crippen LogP contribution in [0.15, 0.2) is 42.5 Å². The highest BCUT2D eigenvalue weighted by Gasteiger charge is 2.29. The van der Waals surface area contributed by atoms with Crippen LogP contribution in [0.4, 0.5) is 10.1 Å². The molecular formula is C25H32FN3O6S. The van der Waals surface area contributed by atoms with Gasteiger partial charge >= 0.3 is 0 Å². The van der Waals surface area contributed by atoms with Crippen LogP contribution in [0.2, 0.25) is 0 Å². The number of benzene rings is 2. The molecule has 1 atom stereocenters. The van der Waals surface area contributed by atoms with Crippen molar-refractivity contribution in [2.45, 2.75) is 45.7 Å². The normalized spacial score (nSPS) is 13.2. The van der Waals surface area contributed by atoms with Gasteiger partial charge in [0.1, 0.15) is 11.9 Å². The molecule has 0 bridgehead atoms. The maximum Gasteiger partial charge on any atom is 0.242 e. The summed E-state index contributed by atoms with van der Waals surface area (Å²) in [4.78, 5) is 27.5. The third kappa shape index (κ3) is 6.87. The van der Waals surface area contributed by atoms with Gasteiger partial charge in [0, 0.05) is 32.1 Å². The van der Waals surface area contributed by atoms with E-state index in [2.05, 4.69) is 5.32 Å². The fraction of sp³-hybridized carbons (Fsp3) is 0.440. The Kier molecular flexibility index (Phi) is 9.14. The second kappa shape index (κ2) is 12.1. The molecule has 0 unspecified atom stereocenters. The second-order valence-corrected chi connectivity index (χ2v) is 10.3. The molecule has 2 aromatic carbocycles. The molecule has 196 valence electrons. The Balaban J connectivity index is 1.75. The molecule has 0 radical (unpaired) electrons. The molecule has 0 saturated carbocycles. The molecule has 1 aliphatic heterocycles. The van der Waals surface area contributed by atoms with Crippen LogP contribution in [0.1, 0.15) is 38.7 Å². The lowest BCUT2D eigenvalue weighted by atomic mass is 10.1. The molecular weight excluding hydrogens is 489 g/mol. The van der Waals surface area contributed by atoms with Crippen molar-refractivity contribution in [2.24, 2.45) is 0 Å². The van der Waals surface area contributed by atoms with E-state index in [0.29, 0.717) is 35.7 Å². The maximum atomic E-state index is 13.4. The summed E-state index contributed by atoms with van der Waals surface area (Å²) < 4.78 is 50.2. The summed E-state index contributed by atoms with van der Waals surface area (Å²) in [5, 5.41) is 2.76. The van der Waals surface area contributed by atoms with Crippen LogP contribution in [0.25, 0.3) is 0 Å². The SMILES string of the molecule is CCNC(=O)[C@H](CC)N(Cc1ccc(F)cc1)C(=O)CCCN(c1ccc2c(c1)OCO2)S(C)(=O)=O. The molecule has 0 aromatic heterocycles. The van der Waals surface area contributed by atoms with Gasteiger partial charge in [-0.1, -0.05) is 19.1 Å². The minimum atomic E-state index is -3.64. The zero-order valence-electron chi connectivity index (χ0n) is 20.7. The summed E-state index contributed by atoms with van der Waals surface area (Å²) in [5.74, 6) is 0.0344. The van der Waals surface area contributed by atoms with Gasteiger partial charge in [0.05, 0.1) is 11.9 Å². The lowest BCUT2D eigenvalue weighted by Gasteiger charge is -2.31. The lowest BCUT2D eigenvalue weighted by Crippen LogP contribution is -2.49. The number of nitrogens with one attached hydrogen (secondary N) is 1. The van der Waals surface area contributed by atoms with E-state index in [0.717, 1.165) is 6.26 Å². The van der Waals surface area contributed by atoms with Gasteiger partial charge in [-0.25, -0.2) is 12.8 Å². The topological polar surface area (TPSA) is 105 Å². The fourth-order valence-electron chi connectivity index (χ4n) is 4.04. The summed E-state index contributed by atoms with van der Waals surface area (Å²) in [6, 6.07) is 9.91. The summed E-state index contributed by atoms with van der Waals surface area (Å²) >= 11 is 0. The minimum absolute atomic E-state index is 0.0215. The number of rotatable bonds is 12. The largest absolute Gasteiger partial charge is 0.454 e. The minimum Gasteiger partial charge on any atom is -0.454 e. The number of hydrogen-bond acceptors (Lipinski definition) is 6. The molecule has 0 fully saturated rings. The predicted octanol–water partition coefficient (Wildman–Crippen LogP) is 3.04. The Bertz CT molecular complexity index is 1170. The van der Waals surface area contributed by atoms with E-state index in [1.54, 1.807) is 37.3 Å². The van der Waals surface area contributed by atoms with E-state index in [-0.39, 0.29) is 44.5 Å². The number of sulfonamides is 1. The molecule has 1 aliphatic rings. The van der Waals surface area contributed by atoms with Gasteiger partial charge in [-0.2, -0.15) is 0 Å². The Morgan fingerprint density at radius 2 is 1.78 bits per heavy atom. The predicted molar refractivity (Wildman–Crippen MR) is 134 cm³/mol. The van der Waals surface area contributed by atoms with Crippen molar-refractivity contribution >= 4 is 27.5 Å². The number of carbonyl (C=O) groups is 2. The van der Waals surface area contributed by atoms with Gasteiger partial charge in [-0.3, -0.25) is 13.9 Å². The lowest BCUT2D eigenvalue weighted by molar-refractivity contribution is -0.141. The highest BCUT2D eigenvalue weighted by molar-refractivity contribution is 7.92. The van der Waals surface area contributed by atoms with E-state index in [9.17, 15) is 22.4 Å². The first-order chi connectivity index (χ1) is 17.1. The first-order valence-corrected chi connectivity index (χ1v) is 13.7. The highest BCUT2D eigenvalue weighted by Crippen LogP contribution is 2.36. The Morgan fingerprint density at radius 1 is 1.08 bits per heavy atom.